The number of benzene rings is 1. The van der Waals surface area contributed by atoms with E-state index < -0.39 is 0 Å². The Hall–Kier alpha value is -1.94. The summed E-state index contributed by atoms with van der Waals surface area (Å²) in [4.78, 5) is 14.7. The third-order valence-electron chi connectivity index (χ3n) is 4.41. The van der Waals surface area contributed by atoms with Gasteiger partial charge in [0.05, 0.1) is 6.04 Å². The van der Waals surface area contributed by atoms with Crippen LogP contribution in [0.2, 0.25) is 5.02 Å². The zero-order valence-electron chi connectivity index (χ0n) is 13.6. The molecule has 2 amide bonds. The van der Waals surface area contributed by atoms with Gasteiger partial charge in [-0.05, 0) is 43.2 Å². The number of carbonyl (C=O) groups is 1. The van der Waals surface area contributed by atoms with Crippen molar-refractivity contribution < 1.29 is 4.79 Å². The lowest BCUT2D eigenvalue weighted by molar-refractivity contribution is 0.163. The minimum Gasteiger partial charge on any atom is -0.348 e. The number of aryl methyl sites for hydroxylation is 1. The molecule has 5 heteroatoms. The molecule has 0 spiro atoms. The summed E-state index contributed by atoms with van der Waals surface area (Å²) in [5.41, 5.74) is 2.96. The summed E-state index contributed by atoms with van der Waals surface area (Å²) in [7, 11) is 0. The van der Waals surface area contributed by atoms with Gasteiger partial charge in [0.25, 0.3) is 0 Å². The number of hydrogen-bond donors (Lipinski definition) is 1. The van der Waals surface area contributed by atoms with Crippen molar-refractivity contribution in [3.8, 4) is 0 Å². The van der Waals surface area contributed by atoms with Crippen molar-refractivity contribution in [1.29, 1.82) is 0 Å². The molecule has 1 atom stereocenters. The van der Waals surface area contributed by atoms with Crippen molar-refractivity contribution in [1.82, 2.24) is 9.47 Å². The van der Waals surface area contributed by atoms with Crippen LogP contribution < -0.4 is 5.32 Å². The van der Waals surface area contributed by atoms with E-state index in [2.05, 4.69) is 35.1 Å². The summed E-state index contributed by atoms with van der Waals surface area (Å²) in [6, 6.07) is 9.85. The van der Waals surface area contributed by atoms with Crippen molar-refractivity contribution in [2.45, 2.75) is 39.3 Å². The highest BCUT2D eigenvalue weighted by Gasteiger charge is 2.30. The fourth-order valence-corrected chi connectivity index (χ4v) is 3.33. The normalized spacial score (nSPS) is 17.0. The van der Waals surface area contributed by atoms with E-state index in [0.29, 0.717) is 5.02 Å². The van der Waals surface area contributed by atoms with Crippen LogP contribution in [0.15, 0.2) is 36.5 Å². The monoisotopic (exact) mass is 331 g/mol. The zero-order valence-corrected chi connectivity index (χ0v) is 14.3. The van der Waals surface area contributed by atoms with Crippen LogP contribution in [0.1, 0.15) is 37.1 Å². The van der Waals surface area contributed by atoms with Gasteiger partial charge in [0.1, 0.15) is 0 Å². The number of halogens is 1. The van der Waals surface area contributed by atoms with Gasteiger partial charge in [-0.2, -0.15) is 0 Å². The highest BCUT2D eigenvalue weighted by Crippen LogP contribution is 2.30. The van der Waals surface area contributed by atoms with Gasteiger partial charge in [-0.15, -0.1) is 0 Å². The smallest absolute Gasteiger partial charge is 0.322 e. The van der Waals surface area contributed by atoms with Crippen LogP contribution in [-0.4, -0.2) is 22.0 Å². The van der Waals surface area contributed by atoms with Crippen LogP contribution in [0.4, 0.5) is 10.5 Å². The molecule has 1 aromatic carbocycles. The van der Waals surface area contributed by atoms with E-state index in [1.165, 1.54) is 5.69 Å². The molecule has 2 aromatic rings. The number of aromatic nitrogens is 1. The molecule has 3 rings (SSSR count). The van der Waals surface area contributed by atoms with Crippen molar-refractivity contribution >= 4 is 23.3 Å². The molecule has 1 aliphatic rings. The highest BCUT2D eigenvalue weighted by molar-refractivity contribution is 6.31. The van der Waals surface area contributed by atoms with Gasteiger partial charge in [0, 0.05) is 35.7 Å². The summed E-state index contributed by atoms with van der Waals surface area (Å²) in [6.45, 7) is 5.66. The first-order valence-electron chi connectivity index (χ1n) is 8.09. The van der Waals surface area contributed by atoms with Crippen molar-refractivity contribution in [3.63, 3.8) is 0 Å². The highest BCUT2D eigenvalue weighted by atomic mass is 35.5. The Morgan fingerprint density at radius 1 is 1.35 bits per heavy atom. The Labute approximate surface area is 142 Å². The molecule has 4 nitrogen and oxygen atoms in total. The largest absolute Gasteiger partial charge is 0.348 e. The molecule has 0 aliphatic carbocycles. The molecule has 0 saturated carbocycles. The van der Waals surface area contributed by atoms with Gasteiger partial charge in [0.15, 0.2) is 0 Å². The molecular weight excluding hydrogens is 310 g/mol. The van der Waals surface area contributed by atoms with Crippen molar-refractivity contribution in [2.75, 3.05) is 11.9 Å². The van der Waals surface area contributed by atoms with Gasteiger partial charge >= 0.3 is 6.03 Å². The first-order valence-corrected chi connectivity index (χ1v) is 8.46. The number of anilines is 1. The molecule has 1 N–H and O–H groups in total. The lowest BCUT2D eigenvalue weighted by Crippen LogP contribution is -2.44. The van der Waals surface area contributed by atoms with E-state index in [9.17, 15) is 4.79 Å². The number of carbonyl (C=O) groups excluding carboxylic acids is 1. The van der Waals surface area contributed by atoms with Gasteiger partial charge in [-0.3, -0.25) is 0 Å². The molecular formula is C18H22ClN3O. The van der Waals surface area contributed by atoms with E-state index in [-0.39, 0.29) is 12.1 Å². The van der Waals surface area contributed by atoms with E-state index >= 15 is 0 Å². The van der Waals surface area contributed by atoms with Crippen LogP contribution in [0.5, 0.6) is 0 Å². The minimum atomic E-state index is -0.0594. The molecule has 0 saturated heterocycles. The molecule has 0 unspecified atom stereocenters. The second kappa shape index (κ2) is 6.67. The average molecular weight is 332 g/mol. The topological polar surface area (TPSA) is 37.3 Å². The summed E-state index contributed by atoms with van der Waals surface area (Å²) < 4.78 is 2.24. The van der Waals surface area contributed by atoms with Crippen LogP contribution in [0.3, 0.4) is 0 Å². The molecule has 0 fully saturated rings. The second-order valence-electron chi connectivity index (χ2n) is 6.02. The fraction of sp³-hybridized carbons (Fsp3) is 0.389. The summed E-state index contributed by atoms with van der Waals surface area (Å²) >= 11 is 6.15. The van der Waals surface area contributed by atoms with Gasteiger partial charge < -0.3 is 14.8 Å². The fourth-order valence-electron chi connectivity index (χ4n) is 3.15. The first-order chi connectivity index (χ1) is 11.1. The Balaban J connectivity index is 1.79. The predicted molar refractivity (Wildman–Crippen MR) is 94.0 cm³/mol. The summed E-state index contributed by atoms with van der Waals surface area (Å²) in [5, 5.41) is 3.65. The maximum Gasteiger partial charge on any atom is 0.322 e. The Kier molecular flexibility index (Phi) is 4.62. The first kappa shape index (κ1) is 15.9. The Morgan fingerprint density at radius 3 is 2.91 bits per heavy atom. The SMILES string of the molecule is CCC[C@@H]1c2cccn2CCN1C(=O)Nc1ccc(C)c(Cl)c1. The quantitative estimate of drug-likeness (QED) is 0.858. The second-order valence-corrected chi connectivity index (χ2v) is 6.43. The molecule has 1 aliphatic heterocycles. The van der Waals surface area contributed by atoms with Crippen LogP contribution in [0, 0.1) is 6.92 Å². The number of hydrogen-bond acceptors (Lipinski definition) is 1. The number of nitrogens with one attached hydrogen (secondary N) is 1. The minimum absolute atomic E-state index is 0.0594. The maximum absolute atomic E-state index is 12.7. The average Bonchev–Trinajstić information content (AvgIpc) is 3.00. The van der Waals surface area contributed by atoms with Crippen LogP contribution in [-0.2, 0) is 6.54 Å². The molecule has 2 heterocycles. The number of amides is 2. The molecule has 1 aromatic heterocycles. The van der Waals surface area contributed by atoms with Gasteiger partial charge in [-0.1, -0.05) is 31.0 Å². The van der Waals surface area contributed by atoms with Gasteiger partial charge in [0.2, 0.25) is 0 Å². The van der Waals surface area contributed by atoms with Crippen LogP contribution >= 0.6 is 11.6 Å². The van der Waals surface area contributed by atoms with Gasteiger partial charge in [-0.25, -0.2) is 4.79 Å². The van der Waals surface area contributed by atoms with E-state index in [1.54, 1.807) is 6.07 Å². The third kappa shape index (κ3) is 3.22. The van der Waals surface area contributed by atoms with Crippen molar-refractivity contribution in [2.24, 2.45) is 0 Å². The molecule has 0 radical (unpaired) electrons. The molecule has 122 valence electrons. The number of nitrogens with zero attached hydrogens (tertiary/aromatic N) is 2. The van der Waals surface area contributed by atoms with E-state index in [4.69, 9.17) is 11.6 Å². The maximum atomic E-state index is 12.7. The van der Waals surface area contributed by atoms with Crippen molar-refractivity contribution in [3.05, 3.63) is 52.8 Å². The molecule has 0 bridgehead atoms. The predicted octanol–water partition coefficient (Wildman–Crippen LogP) is 4.84. The summed E-state index contributed by atoms with van der Waals surface area (Å²) in [6.07, 6.45) is 4.09. The number of urea groups is 1. The Morgan fingerprint density at radius 2 is 2.17 bits per heavy atom. The number of rotatable bonds is 3. The summed E-state index contributed by atoms with van der Waals surface area (Å²) in [5.74, 6) is 0. The van der Waals surface area contributed by atoms with Crippen LogP contribution in [0.25, 0.3) is 0 Å². The lowest BCUT2D eigenvalue weighted by atomic mass is 10.0. The number of fused-ring (bicyclic) bond motifs is 1. The third-order valence-corrected chi connectivity index (χ3v) is 4.82. The van der Waals surface area contributed by atoms with E-state index in [0.717, 1.165) is 37.2 Å². The Bertz CT molecular complexity index is 710. The lowest BCUT2D eigenvalue weighted by Gasteiger charge is -2.37. The zero-order chi connectivity index (χ0) is 16.4. The molecule has 23 heavy (non-hydrogen) atoms. The standard InChI is InChI=1S/C18H22ClN3O/c1-3-5-17-16-6-4-9-21(16)10-11-22(17)18(23)20-14-8-7-13(2)15(19)12-14/h4,6-9,12,17H,3,5,10-11H2,1-2H3,(H,20,23)/t17-/m1/s1. The van der Waals surface area contributed by atoms with E-state index in [1.807, 2.05) is 24.0 Å².